The summed E-state index contributed by atoms with van der Waals surface area (Å²) >= 11 is 0. The highest BCUT2D eigenvalue weighted by Gasteiger charge is 2.19. The number of carbonyl (C=O) groups is 3. The monoisotopic (exact) mass is 863 g/mol. The minimum atomic E-state index is -0.761. The minimum absolute atomic E-state index is 0.0624. The normalized spacial score (nSPS) is 12.0. The van der Waals surface area contributed by atoms with Gasteiger partial charge < -0.3 is 14.2 Å². The first kappa shape index (κ1) is 59.4. The predicted molar refractivity (Wildman–Crippen MR) is 261 cm³/mol. The largest absolute Gasteiger partial charge is 0.462 e. The molecule has 362 valence electrons. The third-order valence-electron chi connectivity index (χ3n) is 12.5. The van der Waals surface area contributed by atoms with Gasteiger partial charge in [0, 0.05) is 19.3 Å². The molecule has 0 heterocycles. The van der Waals surface area contributed by atoms with Crippen LogP contribution >= 0.6 is 0 Å². The first-order valence-electron chi connectivity index (χ1n) is 27.4. The number of esters is 3. The molecule has 0 aliphatic rings. The maximum absolute atomic E-state index is 12.8. The lowest BCUT2D eigenvalue weighted by atomic mass is 10.0. The maximum atomic E-state index is 12.8. The van der Waals surface area contributed by atoms with Crippen molar-refractivity contribution >= 4 is 17.9 Å². The molecular weight excluding hydrogens is 757 g/mol. The van der Waals surface area contributed by atoms with Crippen LogP contribution in [0.4, 0.5) is 0 Å². The third-order valence-corrected chi connectivity index (χ3v) is 12.5. The quantitative estimate of drug-likeness (QED) is 0.0344. The van der Waals surface area contributed by atoms with Gasteiger partial charge in [0.15, 0.2) is 6.10 Å². The molecule has 0 fully saturated rings. The molecule has 0 rings (SSSR count). The summed E-state index contributed by atoms with van der Waals surface area (Å²) in [5, 5.41) is 0. The fraction of sp³-hybridized carbons (Fsp3) is 0.945. The van der Waals surface area contributed by atoms with Crippen molar-refractivity contribution in [1.82, 2.24) is 0 Å². The van der Waals surface area contributed by atoms with Gasteiger partial charge in [-0.05, 0) is 25.2 Å². The van der Waals surface area contributed by atoms with E-state index in [0.29, 0.717) is 19.3 Å². The van der Waals surface area contributed by atoms with Crippen molar-refractivity contribution in [2.45, 2.75) is 316 Å². The first-order chi connectivity index (χ1) is 29.9. The summed E-state index contributed by atoms with van der Waals surface area (Å²) in [5.41, 5.74) is 0. The lowest BCUT2D eigenvalue weighted by molar-refractivity contribution is -0.167. The summed E-state index contributed by atoms with van der Waals surface area (Å²) in [4.78, 5) is 38.0. The van der Waals surface area contributed by atoms with Crippen molar-refractivity contribution in [1.29, 1.82) is 0 Å². The van der Waals surface area contributed by atoms with Crippen molar-refractivity contribution in [2.24, 2.45) is 5.92 Å². The van der Waals surface area contributed by atoms with Crippen molar-refractivity contribution < 1.29 is 28.6 Å². The van der Waals surface area contributed by atoms with Crippen LogP contribution in [0.5, 0.6) is 0 Å². The zero-order valence-corrected chi connectivity index (χ0v) is 41.6. The van der Waals surface area contributed by atoms with Gasteiger partial charge in [-0.1, -0.05) is 272 Å². The summed E-state index contributed by atoms with van der Waals surface area (Å²) in [7, 11) is 0. The van der Waals surface area contributed by atoms with Gasteiger partial charge in [0.2, 0.25) is 0 Å². The molecule has 0 bridgehead atoms. The average Bonchev–Trinajstić information content (AvgIpc) is 3.24. The summed E-state index contributed by atoms with van der Waals surface area (Å²) in [6.45, 7) is 9.03. The zero-order valence-electron chi connectivity index (χ0n) is 41.6. The van der Waals surface area contributed by atoms with Crippen molar-refractivity contribution in [3.63, 3.8) is 0 Å². The van der Waals surface area contributed by atoms with E-state index in [1.807, 2.05) is 0 Å². The van der Waals surface area contributed by atoms with Gasteiger partial charge in [-0.25, -0.2) is 0 Å². The van der Waals surface area contributed by atoms with E-state index < -0.39 is 6.10 Å². The molecule has 0 N–H and O–H groups in total. The molecule has 6 nitrogen and oxygen atoms in total. The molecule has 0 aromatic carbocycles. The molecule has 0 unspecified atom stereocenters. The number of unbranched alkanes of at least 4 members (excludes halogenated alkanes) is 37. The Kier molecular flexibility index (Phi) is 48.1. The second-order valence-electron chi connectivity index (χ2n) is 19.3. The van der Waals surface area contributed by atoms with E-state index in [9.17, 15) is 14.4 Å². The van der Waals surface area contributed by atoms with E-state index in [2.05, 4.69) is 27.7 Å². The van der Waals surface area contributed by atoms with E-state index in [1.165, 1.54) is 205 Å². The fourth-order valence-electron chi connectivity index (χ4n) is 8.39. The van der Waals surface area contributed by atoms with Crippen LogP contribution in [0.3, 0.4) is 0 Å². The number of rotatable bonds is 50. The maximum Gasteiger partial charge on any atom is 0.306 e. The predicted octanol–water partition coefficient (Wildman–Crippen LogP) is 17.8. The highest BCUT2D eigenvalue weighted by Crippen LogP contribution is 2.17. The molecule has 0 saturated heterocycles. The Balaban J connectivity index is 4.28. The third kappa shape index (κ3) is 49.3. The Labute approximate surface area is 380 Å². The SMILES string of the molecule is CCCCCCCCCCCCCCCCCCCC(=O)OC[C@@H](COC(=O)CCCCCCCCCCCCC(C)C)OC(=O)CCCCCCCCCCCCCCC. The lowest BCUT2D eigenvalue weighted by Gasteiger charge is -2.18. The second kappa shape index (κ2) is 49.4. The minimum Gasteiger partial charge on any atom is -0.462 e. The van der Waals surface area contributed by atoms with E-state index >= 15 is 0 Å². The Morgan fingerprint density at radius 2 is 0.541 bits per heavy atom. The molecule has 0 aromatic rings. The van der Waals surface area contributed by atoms with E-state index in [1.54, 1.807) is 0 Å². The standard InChI is InChI=1S/C55H106O6/c1-5-7-9-11-13-15-17-19-20-21-22-24-25-30-34-38-42-46-53(56)59-49-52(61-55(58)48-44-40-36-32-26-23-18-16-14-12-10-8-6-2)50-60-54(57)47-43-39-35-31-28-27-29-33-37-41-45-51(3)4/h51-52H,5-50H2,1-4H3/t52-/m0/s1. The summed E-state index contributed by atoms with van der Waals surface area (Å²) in [5.74, 6) is -0.0219. The molecule has 0 aliphatic carbocycles. The fourth-order valence-corrected chi connectivity index (χ4v) is 8.39. The topological polar surface area (TPSA) is 78.9 Å². The molecule has 0 aliphatic heterocycles. The van der Waals surface area contributed by atoms with Gasteiger partial charge in [0.1, 0.15) is 13.2 Å². The smallest absolute Gasteiger partial charge is 0.306 e. The van der Waals surface area contributed by atoms with Crippen LogP contribution in [-0.4, -0.2) is 37.2 Å². The molecule has 0 saturated carbocycles. The van der Waals surface area contributed by atoms with E-state index in [0.717, 1.165) is 63.7 Å². The molecule has 0 radical (unpaired) electrons. The molecule has 6 heteroatoms. The van der Waals surface area contributed by atoms with Crippen LogP contribution in [0.2, 0.25) is 0 Å². The molecule has 61 heavy (non-hydrogen) atoms. The van der Waals surface area contributed by atoms with Gasteiger partial charge in [-0.3, -0.25) is 14.4 Å². The highest BCUT2D eigenvalue weighted by molar-refractivity contribution is 5.71. The molecule has 1 atom stereocenters. The van der Waals surface area contributed by atoms with Crippen LogP contribution < -0.4 is 0 Å². The number of ether oxygens (including phenoxy) is 3. The van der Waals surface area contributed by atoms with Crippen molar-refractivity contribution in [3.8, 4) is 0 Å². The van der Waals surface area contributed by atoms with Crippen LogP contribution in [0.15, 0.2) is 0 Å². The van der Waals surface area contributed by atoms with Gasteiger partial charge in [-0.15, -0.1) is 0 Å². The Hall–Kier alpha value is -1.59. The van der Waals surface area contributed by atoms with E-state index in [-0.39, 0.29) is 31.1 Å². The van der Waals surface area contributed by atoms with Gasteiger partial charge in [0.05, 0.1) is 0 Å². The average molecular weight is 863 g/mol. The summed E-state index contributed by atoms with van der Waals surface area (Å²) in [6, 6.07) is 0. The van der Waals surface area contributed by atoms with Gasteiger partial charge >= 0.3 is 17.9 Å². The first-order valence-corrected chi connectivity index (χ1v) is 27.4. The summed E-state index contributed by atoms with van der Waals surface area (Å²) in [6.07, 6.45) is 52.3. The van der Waals surface area contributed by atoms with Crippen LogP contribution in [0, 0.1) is 5.92 Å². The second-order valence-corrected chi connectivity index (χ2v) is 19.3. The molecule has 0 spiro atoms. The number of hydrogen-bond donors (Lipinski definition) is 0. The van der Waals surface area contributed by atoms with Crippen LogP contribution in [-0.2, 0) is 28.6 Å². The number of hydrogen-bond acceptors (Lipinski definition) is 6. The summed E-state index contributed by atoms with van der Waals surface area (Å²) < 4.78 is 16.8. The van der Waals surface area contributed by atoms with Crippen LogP contribution in [0.25, 0.3) is 0 Å². The van der Waals surface area contributed by atoms with Gasteiger partial charge in [0.25, 0.3) is 0 Å². The highest BCUT2D eigenvalue weighted by atomic mass is 16.6. The van der Waals surface area contributed by atoms with Gasteiger partial charge in [-0.2, -0.15) is 0 Å². The molecular formula is C55H106O6. The Morgan fingerprint density at radius 3 is 0.803 bits per heavy atom. The van der Waals surface area contributed by atoms with Crippen molar-refractivity contribution in [2.75, 3.05) is 13.2 Å². The number of carbonyl (C=O) groups excluding carboxylic acids is 3. The molecule has 0 amide bonds. The van der Waals surface area contributed by atoms with E-state index in [4.69, 9.17) is 14.2 Å². The Morgan fingerprint density at radius 1 is 0.311 bits per heavy atom. The molecule has 0 aromatic heterocycles. The Bertz CT molecular complexity index is 918. The van der Waals surface area contributed by atoms with Crippen molar-refractivity contribution in [3.05, 3.63) is 0 Å². The van der Waals surface area contributed by atoms with Crippen LogP contribution in [0.1, 0.15) is 310 Å². The lowest BCUT2D eigenvalue weighted by Crippen LogP contribution is -2.30. The zero-order chi connectivity index (χ0) is 44.5.